The topological polar surface area (TPSA) is 38.0 Å². The Hall–Kier alpha value is -0.220. The maximum atomic E-state index is 5.03. The third kappa shape index (κ3) is 5.78. The summed E-state index contributed by atoms with van der Waals surface area (Å²) in [5.74, 6) is 0. The van der Waals surface area contributed by atoms with Crippen LogP contribution in [0.1, 0.15) is 0 Å². The Labute approximate surface area is 59.5 Å². The average Bonchev–Trinajstić information content (AvgIpc) is 1.66. The quantitative estimate of drug-likeness (QED) is 0.388. The standard InChI is InChI=1S/C4H8N2S2/c5-2-1-3-6-4(7)8/h1-2H,3,5H2,(H2,6,7,8). The monoisotopic (exact) mass is 148 g/mol. The van der Waals surface area contributed by atoms with Crippen molar-refractivity contribution in [3.8, 4) is 0 Å². The van der Waals surface area contributed by atoms with E-state index in [0.29, 0.717) is 10.9 Å². The van der Waals surface area contributed by atoms with E-state index in [9.17, 15) is 0 Å². The van der Waals surface area contributed by atoms with E-state index in [1.807, 2.05) is 0 Å². The molecule has 0 aromatic heterocycles. The van der Waals surface area contributed by atoms with E-state index in [1.165, 1.54) is 6.20 Å². The first-order valence-corrected chi connectivity index (χ1v) is 2.96. The Morgan fingerprint density at radius 2 is 2.50 bits per heavy atom. The van der Waals surface area contributed by atoms with Crippen molar-refractivity contribution < 1.29 is 0 Å². The summed E-state index contributed by atoms with van der Waals surface area (Å²) in [7, 11) is 0. The van der Waals surface area contributed by atoms with Gasteiger partial charge in [0.1, 0.15) is 4.32 Å². The first-order valence-electron chi connectivity index (χ1n) is 2.11. The van der Waals surface area contributed by atoms with Crippen LogP contribution >= 0.6 is 24.8 Å². The van der Waals surface area contributed by atoms with Crippen molar-refractivity contribution in [1.29, 1.82) is 0 Å². The van der Waals surface area contributed by atoms with Gasteiger partial charge in [-0.3, -0.25) is 0 Å². The van der Waals surface area contributed by atoms with Crippen molar-refractivity contribution in [3.05, 3.63) is 12.3 Å². The van der Waals surface area contributed by atoms with E-state index < -0.39 is 0 Å². The van der Waals surface area contributed by atoms with Crippen molar-refractivity contribution in [3.63, 3.8) is 0 Å². The summed E-state index contributed by atoms with van der Waals surface area (Å²) in [5.41, 5.74) is 5.03. The number of rotatable bonds is 2. The molecule has 0 unspecified atom stereocenters. The maximum absolute atomic E-state index is 5.03. The van der Waals surface area contributed by atoms with Gasteiger partial charge in [0, 0.05) is 6.54 Å². The third-order valence-corrected chi connectivity index (χ3v) is 0.810. The van der Waals surface area contributed by atoms with Crippen LogP contribution in [0.5, 0.6) is 0 Å². The molecule has 2 nitrogen and oxygen atoms in total. The van der Waals surface area contributed by atoms with Crippen LogP contribution in [0.2, 0.25) is 0 Å². The fourth-order valence-corrected chi connectivity index (χ4v) is 0.389. The number of hydrogen-bond donors (Lipinski definition) is 3. The average molecular weight is 148 g/mol. The lowest BCUT2D eigenvalue weighted by molar-refractivity contribution is 1.08. The highest BCUT2D eigenvalue weighted by Gasteiger charge is 1.78. The smallest absolute Gasteiger partial charge is 0.130 e. The van der Waals surface area contributed by atoms with E-state index in [2.05, 4.69) is 30.2 Å². The van der Waals surface area contributed by atoms with Crippen molar-refractivity contribution >= 4 is 29.2 Å². The number of thiocarbonyl (C=S) groups is 1. The van der Waals surface area contributed by atoms with Gasteiger partial charge in [0.2, 0.25) is 0 Å². The first kappa shape index (κ1) is 7.78. The molecule has 0 saturated heterocycles. The Morgan fingerprint density at radius 1 is 1.88 bits per heavy atom. The van der Waals surface area contributed by atoms with Crippen LogP contribution in [0.25, 0.3) is 0 Å². The Balaban J connectivity index is 3.05. The number of thiol groups is 1. The summed E-state index contributed by atoms with van der Waals surface area (Å²) >= 11 is 8.40. The van der Waals surface area contributed by atoms with E-state index in [0.717, 1.165) is 0 Å². The van der Waals surface area contributed by atoms with Crippen LogP contribution in [0.15, 0.2) is 12.3 Å². The van der Waals surface area contributed by atoms with Crippen LogP contribution in [-0.4, -0.2) is 10.9 Å². The molecular formula is C4H8N2S2. The minimum atomic E-state index is 0.489. The van der Waals surface area contributed by atoms with E-state index in [4.69, 9.17) is 5.73 Å². The van der Waals surface area contributed by atoms with Crippen LogP contribution in [-0.2, 0) is 0 Å². The van der Waals surface area contributed by atoms with Crippen LogP contribution in [0, 0.1) is 0 Å². The van der Waals surface area contributed by atoms with Gasteiger partial charge in [0.25, 0.3) is 0 Å². The van der Waals surface area contributed by atoms with Crippen molar-refractivity contribution in [2.45, 2.75) is 0 Å². The van der Waals surface area contributed by atoms with Gasteiger partial charge in [-0.2, -0.15) is 0 Å². The molecule has 4 heteroatoms. The summed E-state index contributed by atoms with van der Waals surface area (Å²) in [5, 5.41) is 2.78. The summed E-state index contributed by atoms with van der Waals surface area (Å²) in [6, 6.07) is 0. The summed E-state index contributed by atoms with van der Waals surface area (Å²) < 4.78 is 0.489. The molecule has 46 valence electrons. The lowest BCUT2D eigenvalue weighted by Crippen LogP contribution is -2.15. The minimum Gasteiger partial charge on any atom is -0.405 e. The summed E-state index contributed by atoms with van der Waals surface area (Å²) in [6.07, 6.45) is 3.21. The molecule has 0 saturated carbocycles. The molecule has 0 aliphatic heterocycles. The normalized spacial score (nSPS) is 9.62. The molecule has 0 radical (unpaired) electrons. The van der Waals surface area contributed by atoms with Crippen molar-refractivity contribution in [2.24, 2.45) is 5.73 Å². The molecule has 0 aliphatic rings. The van der Waals surface area contributed by atoms with Crippen LogP contribution < -0.4 is 11.1 Å². The van der Waals surface area contributed by atoms with Gasteiger partial charge in [-0.1, -0.05) is 12.2 Å². The number of nitrogens with two attached hydrogens (primary N) is 1. The highest BCUT2D eigenvalue weighted by Crippen LogP contribution is 1.75. The molecule has 3 N–H and O–H groups in total. The second kappa shape index (κ2) is 4.93. The molecule has 0 aromatic rings. The zero-order valence-electron chi connectivity index (χ0n) is 4.29. The lowest BCUT2D eigenvalue weighted by Gasteiger charge is -1.93. The molecule has 0 aromatic carbocycles. The van der Waals surface area contributed by atoms with Crippen molar-refractivity contribution in [2.75, 3.05) is 6.54 Å². The van der Waals surface area contributed by atoms with E-state index in [1.54, 1.807) is 6.08 Å². The van der Waals surface area contributed by atoms with Crippen molar-refractivity contribution in [1.82, 2.24) is 5.32 Å². The lowest BCUT2D eigenvalue weighted by atomic mass is 10.6. The zero-order chi connectivity index (χ0) is 6.41. The van der Waals surface area contributed by atoms with Gasteiger partial charge in [-0.05, 0) is 12.3 Å². The minimum absolute atomic E-state index is 0.489. The second-order valence-corrected chi connectivity index (χ2v) is 2.27. The first-order chi connectivity index (χ1) is 3.77. The molecule has 0 atom stereocenters. The molecule has 0 rings (SSSR count). The Bertz CT molecular complexity index is 100. The second-order valence-electron chi connectivity index (χ2n) is 1.11. The molecular weight excluding hydrogens is 140 g/mol. The Morgan fingerprint density at radius 3 is 2.88 bits per heavy atom. The largest absolute Gasteiger partial charge is 0.405 e. The van der Waals surface area contributed by atoms with Gasteiger partial charge in [0.15, 0.2) is 0 Å². The highest BCUT2D eigenvalue weighted by atomic mass is 32.1. The molecule has 0 spiro atoms. The summed E-state index contributed by atoms with van der Waals surface area (Å²) in [6.45, 7) is 0.652. The molecule has 0 bridgehead atoms. The Kier molecular flexibility index (Phi) is 4.79. The van der Waals surface area contributed by atoms with Crippen LogP contribution in [0.3, 0.4) is 0 Å². The van der Waals surface area contributed by atoms with Gasteiger partial charge in [-0.25, -0.2) is 0 Å². The SMILES string of the molecule is NC=CCNC(=S)S. The molecule has 0 amide bonds. The fraction of sp³-hybridized carbons (Fsp3) is 0.250. The third-order valence-electron chi connectivity index (χ3n) is 0.507. The molecule has 0 aliphatic carbocycles. The predicted octanol–water partition coefficient (Wildman–Crippen LogP) is 0.263. The van der Waals surface area contributed by atoms with Gasteiger partial charge in [0.05, 0.1) is 0 Å². The highest BCUT2D eigenvalue weighted by molar-refractivity contribution is 8.11. The van der Waals surface area contributed by atoms with Gasteiger partial charge in [-0.15, -0.1) is 12.6 Å². The van der Waals surface area contributed by atoms with Gasteiger partial charge < -0.3 is 11.1 Å². The van der Waals surface area contributed by atoms with Gasteiger partial charge >= 0.3 is 0 Å². The summed E-state index contributed by atoms with van der Waals surface area (Å²) in [4.78, 5) is 0. The number of hydrogen-bond acceptors (Lipinski definition) is 2. The maximum Gasteiger partial charge on any atom is 0.130 e. The zero-order valence-corrected chi connectivity index (χ0v) is 6.01. The number of nitrogens with one attached hydrogen (secondary N) is 1. The molecule has 8 heavy (non-hydrogen) atoms. The predicted molar refractivity (Wildman–Crippen MR) is 42.9 cm³/mol. The van der Waals surface area contributed by atoms with Crippen LogP contribution in [0.4, 0.5) is 0 Å². The fourth-order valence-electron chi connectivity index (χ4n) is 0.214. The molecule has 0 heterocycles. The van der Waals surface area contributed by atoms with E-state index >= 15 is 0 Å². The molecule has 0 fully saturated rings. The van der Waals surface area contributed by atoms with E-state index in [-0.39, 0.29) is 0 Å².